The summed E-state index contributed by atoms with van der Waals surface area (Å²) in [7, 11) is 1.49. The molecule has 1 amide bonds. The molecule has 1 aliphatic rings. The van der Waals surface area contributed by atoms with Gasteiger partial charge in [-0.3, -0.25) is 9.59 Å². The van der Waals surface area contributed by atoms with Gasteiger partial charge in [-0.05, 0) is 37.1 Å². The number of benzene rings is 2. The van der Waals surface area contributed by atoms with E-state index >= 15 is 0 Å². The second-order valence-corrected chi connectivity index (χ2v) is 6.89. The second-order valence-electron chi connectivity index (χ2n) is 6.89. The van der Waals surface area contributed by atoms with Gasteiger partial charge in [0.1, 0.15) is 5.41 Å². The van der Waals surface area contributed by atoms with E-state index in [4.69, 9.17) is 4.74 Å². The highest BCUT2D eigenvalue weighted by Gasteiger charge is 2.44. The number of aliphatic carboxylic acids is 1. The fourth-order valence-electron chi connectivity index (χ4n) is 3.56. The van der Waals surface area contributed by atoms with Crippen molar-refractivity contribution in [3.05, 3.63) is 60.2 Å². The molecule has 2 aromatic rings. The number of carboxylic acid groups (broad SMARTS) is 1. The van der Waals surface area contributed by atoms with Crippen LogP contribution in [0.5, 0.6) is 0 Å². The Hall–Kier alpha value is -2.86. The first kappa shape index (κ1) is 18.9. The van der Waals surface area contributed by atoms with Crippen LogP contribution in [0, 0.1) is 5.41 Å². The minimum Gasteiger partial charge on any atom is -0.481 e. The summed E-state index contributed by atoms with van der Waals surface area (Å²) in [6, 6.07) is 16.9. The van der Waals surface area contributed by atoms with Gasteiger partial charge >= 0.3 is 5.97 Å². The highest BCUT2D eigenvalue weighted by molar-refractivity contribution is 6.00. The monoisotopic (exact) mass is 368 g/mol. The number of methoxy groups -OCH3 is 1. The number of hydrogen-bond donors (Lipinski definition) is 2. The number of hydrogen-bond acceptors (Lipinski definition) is 4. The molecule has 0 aromatic heterocycles. The smallest absolute Gasteiger partial charge is 0.313 e. The Morgan fingerprint density at radius 3 is 2.56 bits per heavy atom. The van der Waals surface area contributed by atoms with Crippen molar-refractivity contribution in [3.63, 3.8) is 0 Å². The van der Waals surface area contributed by atoms with Crippen molar-refractivity contribution in [1.82, 2.24) is 4.90 Å². The van der Waals surface area contributed by atoms with Crippen LogP contribution in [0.1, 0.15) is 23.2 Å². The molecule has 0 spiro atoms. The highest BCUT2D eigenvalue weighted by Crippen LogP contribution is 2.32. The Bertz CT molecular complexity index is 805. The largest absolute Gasteiger partial charge is 0.481 e. The van der Waals surface area contributed by atoms with Crippen LogP contribution in [0.15, 0.2) is 54.6 Å². The van der Waals surface area contributed by atoms with Crippen molar-refractivity contribution in [3.8, 4) is 0 Å². The molecule has 1 aliphatic heterocycles. The summed E-state index contributed by atoms with van der Waals surface area (Å²) in [4.78, 5) is 26.7. The average molecular weight is 368 g/mol. The zero-order valence-electron chi connectivity index (χ0n) is 15.4. The van der Waals surface area contributed by atoms with Crippen LogP contribution in [0.4, 0.5) is 11.4 Å². The van der Waals surface area contributed by atoms with Gasteiger partial charge in [0.15, 0.2) is 0 Å². The van der Waals surface area contributed by atoms with Gasteiger partial charge in [-0.25, -0.2) is 0 Å². The van der Waals surface area contributed by atoms with Crippen LogP contribution in [-0.4, -0.2) is 48.7 Å². The van der Waals surface area contributed by atoms with E-state index in [0.29, 0.717) is 30.6 Å². The number of likely N-dealkylation sites (tertiary alicyclic amines) is 1. The van der Waals surface area contributed by atoms with Gasteiger partial charge in [0, 0.05) is 25.9 Å². The molecule has 3 rings (SSSR count). The zero-order valence-corrected chi connectivity index (χ0v) is 15.4. The number of carbonyl (C=O) groups excluding carboxylic acids is 1. The maximum Gasteiger partial charge on any atom is 0.313 e. The van der Waals surface area contributed by atoms with E-state index in [0.717, 1.165) is 5.69 Å². The minimum absolute atomic E-state index is 0.0933. The summed E-state index contributed by atoms with van der Waals surface area (Å²) >= 11 is 0. The van der Waals surface area contributed by atoms with E-state index in [-0.39, 0.29) is 19.1 Å². The normalized spacial score (nSPS) is 19.5. The van der Waals surface area contributed by atoms with Crippen molar-refractivity contribution >= 4 is 23.3 Å². The minimum atomic E-state index is -1.05. The van der Waals surface area contributed by atoms with E-state index in [1.54, 1.807) is 11.0 Å². The third kappa shape index (κ3) is 4.11. The summed E-state index contributed by atoms with van der Waals surface area (Å²) in [5, 5.41) is 13.0. The topological polar surface area (TPSA) is 78.9 Å². The lowest BCUT2D eigenvalue weighted by Crippen LogP contribution is -2.52. The fraction of sp³-hybridized carbons (Fsp3) is 0.333. The summed E-state index contributed by atoms with van der Waals surface area (Å²) in [6.45, 7) is 0.780. The molecule has 1 atom stereocenters. The molecule has 0 radical (unpaired) electrons. The molecule has 6 heteroatoms. The molecule has 1 saturated heterocycles. The number of piperidine rings is 1. The third-order valence-electron chi connectivity index (χ3n) is 4.95. The lowest BCUT2D eigenvalue weighted by Gasteiger charge is -2.39. The van der Waals surface area contributed by atoms with Gasteiger partial charge in [0.2, 0.25) is 0 Å². The van der Waals surface area contributed by atoms with Crippen molar-refractivity contribution < 1.29 is 19.4 Å². The molecular formula is C21H24N2O4. The zero-order chi connectivity index (χ0) is 19.3. The number of rotatable bonds is 6. The summed E-state index contributed by atoms with van der Waals surface area (Å²) in [5.41, 5.74) is 1.06. The first-order valence-electron chi connectivity index (χ1n) is 8.98. The van der Waals surface area contributed by atoms with Crippen molar-refractivity contribution in [2.45, 2.75) is 12.8 Å². The first-order valence-corrected chi connectivity index (χ1v) is 8.98. The van der Waals surface area contributed by atoms with E-state index in [2.05, 4.69) is 5.32 Å². The lowest BCUT2D eigenvalue weighted by molar-refractivity contribution is -0.155. The number of para-hydroxylation sites is 2. The summed E-state index contributed by atoms with van der Waals surface area (Å²) in [5.74, 6) is -1.09. The molecule has 6 nitrogen and oxygen atoms in total. The van der Waals surface area contributed by atoms with Crippen molar-refractivity contribution in [2.75, 3.05) is 32.1 Å². The molecule has 1 unspecified atom stereocenters. The van der Waals surface area contributed by atoms with Crippen molar-refractivity contribution in [2.24, 2.45) is 5.41 Å². The highest BCUT2D eigenvalue weighted by atomic mass is 16.5. The van der Waals surface area contributed by atoms with Gasteiger partial charge in [0.25, 0.3) is 5.91 Å². The predicted molar refractivity (Wildman–Crippen MR) is 103 cm³/mol. The number of ether oxygens (including phenoxy) is 1. The van der Waals surface area contributed by atoms with Crippen LogP contribution in [0.2, 0.25) is 0 Å². The SMILES string of the molecule is COCC1(C(=O)O)CCCN(C(=O)c2ccccc2Nc2ccccc2)C1. The Balaban J connectivity index is 1.84. The average Bonchev–Trinajstić information content (AvgIpc) is 2.69. The molecule has 1 heterocycles. The molecule has 0 saturated carbocycles. The van der Waals surface area contributed by atoms with Crippen LogP contribution in [0.3, 0.4) is 0 Å². The number of nitrogens with zero attached hydrogens (tertiary/aromatic N) is 1. The van der Waals surface area contributed by atoms with Crippen LogP contribution in [0.25, 0.3) is 0 Å². The van der Waals surface area contributed by atoms with Gasteiger partial charge in [-0.1, -0.05) is 30.3 Å². The second kappa shape index (κ2) is 8.22. The van der Waals surface area contributed by atoms with Gasteiger partial charge in [0.05, 0.1) is 17.9 Å². The van der Waals surface area contributed by atoms with Crippen LogP contribution < -0.4 is 5.32 Å². The number of carboxylic acids is 1. The maximum atomic E-state index is 13.2. The number of carbonyl (C=O) groups is 2. The Morgan fingerprint density at radius 1 is 1.15 bits per heavy atom. The molecule has 0 bridgehead atoms. The van der Waals surface area contributed by atoms with E-state index < -0.39 is 11.4 Å². The standard InChI is InChI=1S/C21H24N2O4/c1-27-15-21(20(25)26)12-7-13-23(14-21)19(24)17-10-5-6-11-18(17)22-16-8-3-2-4-9-16/h2-6,8-11,22H,7,12-15H2,1H3,(H,25,26). The first-order chi connectivity index (χ1) is 13.1. The van der Waals surface area contributed by atoms with Gasteiger partial charge < -0.3 is 20.1 Å². The third-order valence-corrected chi connectivity index (χ3v) is 4.95. The van der Waals surface area contributed by atoms with E-state index in [9.17, 15) is 14.7 Å². The molecule has 0 aliphatic carbocycles. The molecular weight excluding hydrogens is 344 g/mol. The van der Waals surface area contributed by atoms with Crippen LogP contribution in [-0.2, 0) is 9.53 Å². The molecule has 2 N–H and O–H groups in total. The Labute approximate surface area is 158 Å². The van der Waals surface area contributed by atoms with E-state index in [1.807, 2.05) is 48.5 Å². The van der Waals surface area contributed by atoms with Crippen molar-refractivity contribution in [1.29, 1.82) is 0 Å². The quantitative estimate of drug-likeness (QED) is 0.817. The molecule has 142 valence electrons. The van der Waals surface area contributed by atoms with Gasteiger partial charge in [-0.2, -0.15) is 0 Å². The lowest BCUT2D eigenvalue weighted by atomic mass is 9.80. The number of amides is 1. The van der Waals surface area contributed by atoms with E-state index in [1.165, 1.54) is 7.11 Å². The number of nitrogens with one attached hydrogen (secondary N) is 1. The Kier molecular flexibility index (Phi) is 5.76. The molecule has 27 heavy (non-hydrogen) atoms. The maximum absolute atomic E-state index is 13.2. The van der Waals surface area contributed by atoms with Crippen LogP contribution >= 0.6 is 0 Å². The summed E-state index contributed by atoms with van der Waals surface area (Å²) < 4.78 is 5.15. The molecule has 1 fully saturated rings. The predicted octanol–water partition coefficient (Wildman–Crippen LogP) is 3.38. The summed E-state index contributed by atoms with van der Waals surface area (Å²) in [6.07, 6.45) is 1.14. The number of anilines is 2. The fourth-order valence-corrected chi connectivity index (χ4v) is 3.56. The van der Waals surface area contributed by atoms with Gasteiger partial charge in [-0.15, -0.1) is 0 Å². The molecule has 2 aromatic carbocycles. The Morgan fingerprint density at radius 2 is 1.85 bits per heavy atom.